The summed E-state index contributed by atoms with van der Waals surface area (Å²) in [4.78, 5) is 15.8. The van der Waals surface area contributed by atoms with Crippen LogP contribution in [0.2, 0.25) is 5.02 Å². The number of nitrogens with one attached hydrogen (secondary N) is 2. The molecule has 3 aromatic carbocycles. The normalized spacial score (nSPS) is 11.9. The Bertz CT molecular complexity index is 1160. The average Bonchev–Trinajstić information content (AvgIpc) is 3.19. The summed E-state index contributed by atoms with van der Waals surface area (Å²) in [7, 11) is 0. The molecule has 0 saturated carbocycles. The Balaban J connectivity index is 1.51. The van der Waals surface area contributed by atoms with E-state index < -0.39 is 0 Å². The van der Waals surface area contributed by atoms with Crippen LogP contribution in [-0.4, -0.2) is 24.0 Å². The lowest BCUT2D eigenvalue weighted by atomic mass is 9.91. The summed E-state index contributed by atoms with van der Waals surface area (Å²) in [5.41, 5.74) is 3.11. The van der Waals surface area contributed by atoms with Crippen molar-refractivity contribution < 1.29 is 9.53 Å². The van der Waals surface area contributed by atoms with E-state index in [1.54, 1.807) is 0 Å². The van der Waals surface area contributed by atoms with Gasteiger partial charge >= 0.3 is 0 Å². The molecule has 4 nitrogen and oxygen atoms in total. The van der Waals surface area contributed by atoms with Crippen LogP contribution >= 0.6 is 27.5 Å². The van der Waals surface area contributed by atoms with Gasteiger partial charge in [0, 0.05) is 39.1 Å². The fraction of sp³-hybridized carbons (Fsp3) is 0.125. The smallest absolute Gasteiger partial charge is 0.257 e. The van der Waals surface area contributed by atoms with E-state index in [-0.39, 0.29) is 18.4 Å². The lowest BCUT2D eigenvalue weighted by Crippen LogP contribution is -2.32. The molecule has 0 fully saturated rings. The predicted molar refractivity (Wildman–Crippen MR) is 124 cm³/mol. The summed E-state index contributed by atoms with van der Waals surface area (Å²) in [6.45, 7) is 0.360. The van der Waals surface area contributed by atoms with Crippen LogP contribution in [0.3, 0.4) is 0 Å². The van der Waals surface area contributed by atoms with Crippen molar-refractivity contribution in [3.05, 3.63) is 99.6 Å². The van der Waals surface area contributed by atoms with Crippen LogP contribution in [0.4, 0.5) is 0 Å². The number of rotatable bonds is 7. The van der Waals surface area contributed by atoms with Crippen molar-refractivity contribution in [1.29, 1.82) is 0 Å². The molecule has 1 aromatic heterocycles. The number of para-hydroxylation sites is 1. The molecule has 30 heavy (non-hydrogen) atoms. The lowest BCUT2D eigenvalue weighted by Gasteiger charge is -2.19. The molecule has 0 saturated heterocycles. The van der Waals surface area contributed by atoms with Crippen LogP contribution in [0.15, 0.2) is 83.5 Å². The molecule has 0 radical (unpaired) electrons. The van der Waals surface area contributed by atoms with Crippen LogP contribution in [0.25, 0.3) is 10.9 Å². The number of benzene rings is 3. The molecule has 2 N–H and O–H groups in total. The Morgan fingerprint density at radius 1 is 1.00 bits per heavy atom. The van der Waals surface area contributed by atoms with Crippen molar-refractivity contribution in [2.75, 3.05) is 13.2 Å². The highest BCUT2D eigenvalue weighted by Gasteiger charge is 2.21. The second-order valence-electron chi connectivity index (χ2n) is 6.91. The van der Waals surface area contributed by atoms with Gasteiger partial charge in [-0.2, -0.15) is 0 Å². The fourth-order valence-corrected chi connectivity index (χ4v) is 4.01. The van der Waals surface area contributed by atoms with E-state index in [0.717, 1.165) is 26.5 Å². The minimum Gasteiger partial charge on any atom is -0.484 e. The second kappa shape index (κ2) is 9.37. The summed E-state index contributed by atoms with van der Waals surface area (Å²) in [6.07, 6.45) is 1.99. The van der Waals surface area contributed by atoms with Gasteiger partial charge in [-0.25, -0.2) is 0 Å². The Hall–Kier alpha value is -2.76. The molecule has 1 amide bonds. The van der Waals surface area contributed by atoms with Gasteiger partial charge in [-0.05, 0) is 47.5 Å². The molecule has 0 bridgehead atoms. The number of carbonyl (C=O) groups is 1. The van der Waals surface area contributed by atoms with Gasteiger partial charge in [0.15, 0.2) is 6.61 Å². The monoisotopic (exact) mass is 482 g/mol. The zero-order valence-electron chi connectivity index (χ0n) is 16.1. The number of hydrogen-bond donors (Lipinski definition) is 2. The number of fused-ring (bicyclic) bond motifs is 1. The maximum absolute atomic E-state index is 12.5. The van der Waals surface area contributed by atoms with Crippen molar-refractivity contribution in [3.8, 4) is 5.75 Å². The molecule has 0 aliphatic heterocycles. The van der Waals surface area contributed by atoms with Gasteiger partial charge in [-0.15, -0.1) is 0 Å². The topological polar surface area (TPSA) is 54.1 Å². The molecule has 1 heterocycles. The van der Waals surface area contributed by atoms with Crippen molar-refractivity contribution in [2.45, 2.75) is 5.92 Å². The Kier molecular flexibility index (Phi) is 6.41. The van der Waals surface area contributed by atoms with E-state index in [0.29, 0.717) is 17.3 Å². The third-order valence-electron chi connectivity index (χ3n) is 4.96. The minimum absolute atomic E-state index is 0.0508. The van der Waals surface area contributed by atoms with Crippen molar-refractivity contribution in [1.82, 2.24) is 10.3 Å². The highest BCUT2D eigenvalue weighted by atomic mass is 79.9. The minimum atomic E-state index is -0.185. The Morgan fingerprint density at radius 3 is 2.53 bits per heavy atom. The summed E-state index contributed by atoms with van der Waals surface area (Å²) in [6, 6.07) is 23.2. The molecule has 0 aliphatic rings. The molecule has 0 spiro atoms. The molecule has 0 aliphatic carbocycles. The quantitative estimate of drug-likeness (QED) is 0.343. The lowest BCUT2D eigenvalue weighted by molar-refractivity contribution is -0.123. The zero-order chi connectivity index (χ0) is 20.9. The zero-order valence-corrected chi connectivity index (χ0v) is 18.4. The molecule has 152 valence electrons. The van der Waals surface area contributed by atoms with Gasteiger partial charge in [0.1, 0.15) is 5.75 Å². The Morgan fingerprint density at radius 2 is 1.73 bits per heavy atom. The van der Waals surface area contributed by atoms with E-state index >= 15 is 0 Å². The Labute approximate surface area is 188 Å². The SMILES string of the molecule is O=C(COc1ccc(Br)cc1)NCC(c1ccccc1Cl)c1c[nH]c2ccccc12. The highest BCUT2D eigenvalue weighted by molar-refractivity contribution is 9.10. The van der Waals surface area contributed by atoms with Gasteiger partial charge in [-0.1, -0.05) is 63.9 Å². The molecule has 1 atom stereocenters. The van der Waals surface area contributed by atoms with Crippen molar-refractivity contribution in [3.63, 3.8) is 0 Å². The fourth-order valence-electron chi connectivity index (χ4n) is 3.47. The third kappa shape index (κ3) is 4.69. The van der Waals surface area contributed by atoms with E-state index in [1.165, 1.54) is 0 Å². The average molecular weight is 484 g/mol. The van der Waals surface area contributed by atoms with Gasteiger partial charge in [0.25, 0.3) is 5.91 Å². The van der Waals surface area contributed by atoms with Crippen LogP contribution < -0.4 is 10.1 Å². The molecule has 6 heteroatoms. The number of H-pyrrole nitrogens is 1. The largest absolute Gasteiger partial charge is 0.484 e. The van der Waals surface area contributed by atoms with Crippen LogP contribution in [0.1, 0.15) is 17.0 Å². The van der Waals surface area contributed by atoms with Crippen molar-refractivity contribution in [2.24, 2.45) is 0 Å². The van der Waals surface area contributed by atoms with Crippen LogP contribution in [-0.2, 0) is 4.79 Å². The summed E-state index contributed by atoms with van der Waals surface area (Å²) in [5, 5.41) is 4.79. The first kappa shape index (κ1) is 20.5. The maximum atomic E-state index is 12.5. The summed E-state index contributed by atoms with van der Waals surface area (Å²) >= 11 is 9.89. The summed E-state index contributed by atoms with van der Waals surface area (Å²) in [5.74, 6) is 0.369. The number of ether oxygens (including phenoxy) is 1. The maximum Gasteiger partial charge on any atom is 0.257 e. The third-order valence-corrected chi connectivity index (χ3v) is 5.84. The number of hydrogen-bond acceptors (Lipinski definition) is 2. The molecule has 4 rings (SSSR count). The van der Waals surface area contributed by atoms with E-state index in [2.05, 4.69) is 32.3 Å². The second-order valence-corrected chi connectivity index (χ2v) is 8.23. The van der Waals surface area contributed by atoms with Gasteiger partial charge in [0.2, 0.25) is 0 Å². The standard InChI is InChI=1S/C24H20BrClN2O2/c25-16-9-11-17(12-10-16)30-15-24(29)28-14-20(18-5-1-3-7-22(18)26)21-13-27-23-8-4-2-6-19(21)23/h1-13,20,27H,14-15H2,(H,28,29). The van der Waals surface area contributed by atoms with E-state index in [1.807, 2.05) is 72.9 Å². The van der Waals surface area contributed by atoms with Crippen molar-refractivity contribution >= 4 is 44.3 Å². The van der Waals surface area contributed by atoms with E-state index in [9.17, 15) is 4.79 Å². The first-order chi connectivity index (χ1) is 14.6. The highest BCUT2D eigenvalue weighted by Crippen LogP contribution is 2.34. The molecule has 4 aromatic rings. The first-order valence-corrected chi connectivity index (χ1v) is 10.7. The molecule has 1 unspecified atom stereocenters. The predicted octanol–water partition coefficient (Wildman–Crippen LogP) is 5.91. The van der Waals surface area contributed by atoms with Gasteiger partial charge in [-0.3, -0.25) is 4.79 Å². The van der Waals surface area contributed by atoms with Gasteiger partial charge < -0.3 is 15.0 Å². The number of aromatic amines is 1. The first-order valence-electron chi connectivity index (χ1n) is 9.57. The van der Waals surface area contributed by atoms with Crippen LogP contribution in [0.5, 0.6) is 5.75 Å². The molecular formula is C24H20BrClN2O2. The number of halogens is 2. The summed E-state index contributed by atoms with van der Waals surface area (Å²) < 4.78 is 6.54. The van der Waals surface area contributed by atoms with Crippen LogP contribution in [0, 0.1) is 0 Å². The molecular weight excluding hydrogens is 464 g/mol. The van der Waals surface area contributed by atoms with E-state index in [4.69, 9.17) is 16.3 Å². The number of aromatic nitrogens is 1. The van der Waals surface area contributed by atoms with Gasteiger partial charge in [0.05, 0.1) is 0 Å². The number of carbonyl (C=O) groups excluding carboxylic acids is 1. The number of amides is 1.